The topological polar surface area (TPSA) is 91.6 Å². The largest absolute Gasteiger partial charge is 0.494 e. The van der Waals surface area contributed by atoms with Crippen LogP contribution in [-0.4, -0.2) is 21.7 Å². The minimum absolute atomic E-state index is 0.102. The number of allylic oxidation sites excluding steroid dienone is 1. The predicted octanol–water partition coefficient (Wildman–Crippen LogP) is 3.06. The van der Waals surface area contributed by atoms with Gasteiger partial charge < -0.3 is 14.8 Å². The number of rotatable bonds is 6. The minimum atomic E-state index is -0.722. The molecule has 0 fully saturated rings. The normalized spacial score (nSPS) is 14.9. The van der Waals surface area contributed by atoms with Gasteiger partial charge in [0.1, 0.15) is 18.2 Å². The molecule has 1 unspecified atom stereocenters. The summed E-state index contributed by atoms with van der Waals surface area (Å²) in [6.45, 7) is 4.26. The van der Waals surface area contributed by atoms with E-state index >= 15 is 0 Å². The molecule has 1 aliphatic heterocycles. The number of anilines is 1. The van der Waals surface area contributed by atoms with Gasteiger partial charge in [-0.15, -0.1) is 0 Å². The molecule has 3 aromatic rings. The van der Waals surface area contributed by atoms with Crippen molar-refractivity contribution in [3.05, 3.63) is 103 Å². The molecule has 176 valence electrons. The molecular weight excluding hydrogens is 434 g/mol. The molecule has 2 aromatic carbocycles. The highest BCUT2D eigenvalue weighted by Gasteiger charge is 2.37. The highest BCUT2D eigenvalue weighted by molar-refractivity contribution is 5.94. The first kappa shape index (κ1) is 23.1. The van der Waals surface area contributed by atoms with Crippen molar-refractivity contribution in [3.8, 4) is 5.75 Å². The summed E-state index contributed by atoms with van der Waals surface area (Å²) in [4.78, 5) is 39.2. The van der Waals surface area contributed by atoms with Crippen LogP contribution in [0.15, 0.2) is 75.5 Å². The van der Waals surface area contributed by atoms with Crippen LogP contribution in [0.25, 0.3) is 0 Å². The van der Waals surface area contributed by atoms with Gasteiger partial charge in [0.05, 0.1) is 23.7 Å². The van der Waals surface area contributed by atoms with Crippen LogP contribution in [0.2, 0.25) is 0 Å². The van der Waals surface area contributed by atoms with E-state index in [-0.39, 0.29) is 6.61 Å². The van der Waals surface area contributed by atoms with E-state index in [2.05, 4.69) is 5.32 Å². The van der Waals surface area contributed by atoms with Crippen LogP contribution >= 0.6 is 0 Å². The summed E-state index contributed by atoms with van der Waals surface area (Å²) in [5, 5.41) is 3.10. The second kappa shape index (κ2) is 9.43. The van der Waals surface area contributed by atoms with Crippen molar-refractivity contribution in [2.45, 2.75) is 26.4 Å². The van der Waals surface area contributed by atoms with Gasteiger partial charge in [0.15, 0.2) is 0 Å². The molecular formula is C26H27N3O5. The lowest BCUT2D eigenvalue weighted by Gasteiger charge is -2.31. The van der Waals surface area contributed by atoms with E-state index in [9.17, 15) is 14.4 Å². The molecule has 34 heavy (non-hydrogen) atoms. The third-order valence-electron chi connectivity index (χ3n) is 5.94. The average molecular weight is 462 g/mol. The average Bonchev–Trinajstić information content (AvgIpc) is 2.85. The van der Waals surface area contributed by atoms with Crippen LogP contribution in [0.1, 0.15) is 36.5 Å². The van der Waals surface area contributed by atoms with Crippen molar-refractivity contribution < 1.29 is 14.3 Å². The Hall–Kier alpha value is -4.07. The Labute approximate surface area is 197 Å². The van der Waals surface area contributed by atoms with Crippen molar-refractivity contribution in [2.75, 3.05) is 11.9 Å². The molecule has 1 aromatic heterocycles. The van der Waals surface area contributed by atoms with E-state index in [1.165, 1.54) is 11.6 Å². The maximum atomic E-state index is 13.4. The number of benzene rings is 2. The zero-order chi connectivity index (χ0) is 24.4. The molecule has 0 bridgehead atoms. The highest BCUT2D eigenvalue weighted by Crippen LogP contribution is 2.40. The van der Waals surface area contributed by atoms with Gasteiger partial charge in [-0.2, -0.15) is 0 Å². The standard InChI is InChI=1S/C26H27N3O5/c1-5-33-19-13-11-18(12-14-19)21-20(25(31)34-15-17-9-7-6-8-10-17)16(2)27-23-22(21)24(30)29(4)26(32)28(23)3/h6-14,21,27H,5,15H2,1-4H3. The van der Waals surface area contributed by atoms with Crippen molar-refractivity contribution in [3.63, 3.8) is 0 Å². The molecule has 0 amide bonds. The zero-order valence-corrected chi connectivity index (χ0v) is 19.6. The fraction of sp³-hybridized carbons (Fsp3) is 0.269. The van der Waals surface area contributed by atoms with E-state index in [4.69, 9.17) is 9.47 Å². The Morgan fingerprint density at radius 1 is 1.00 bits per heavy atom. The first-order valence-corrected chi connectivity index (χ1v) is 11.0. The zero-order valence-electron chi connectivity index (χ0n) is 19.6. The molecule has 1 N–H and O–H groups in total. The molecule has 0 radical (unpaired) electrons. The van der Waals surface area contributed by atoms with Crippen molar-refractivity contribution in [1.29, 1.82) is 0 Å². The highest BCUT2D eigenvalue weighted by atomic mass is 16.5. The van der Waals surface area contributed by atoms with Gasteiger partial charge in [0.25, 0.3) is 5.56 Å². The van der Waals surface area contributed by atoms with E-state index in [1.807, 2.05) is 49.4 Å². The molecule has 2 heterocycles. The summed E-state index contributed by atoms with van der Waals surface area (Å²) in [6, 6.07) is 16.6. The SMILES string of the molecule is CCOc1ccc(C2C(C(=O)OCc3ccccc3)=C(C)Nc3c2c(=O)n(C)c(=O)n3C)cc1. The van der Waals surface area contributed by atoms with Crippen molar-refractivity contribution in [1.82, 2.24) is 9.13 Å². The van der Waals surface area contributed by atoms with Crippen molar-refractivity contribution >= 4 is 11.8 Å². The Kier molecular flexibility index (Phi) is 6.40. The fourth-order valence-electron chi connectivity index (χ4n) is 4.22. The summed E-state index contributed by atoms with van der Waals surface area (Å²) < 4.78 is 13.6. The number of nitrogens with one attached hydrogen (secondary N) is 1. The van der Waals surface area contributed by atoms with Crippen LogP contribution in [0, 0.1) is 0 Å². The number of carbonyl (C=O) groups excluding carboxylic acids is 1. The van der Waals surface area contributed by atoms with Gasteiger partial charge in [0.2, 0.25) is 0 Å². The molecule has 1 atom stereocenters. The molecule has 0 saturated heterocycles. The van der Waals surface area contributed by atoms with Crippen LogP contribution < -0.4 is 21.3 Å². The van der Waals surface area contributed by atoms with Gasteiger partial charge >= 0.3 is 11.7 Å². The lowest BCUT2D eigenvalue weighted by atomic mass is 9.82. The van der Waals surface area contributed by atoms with Crippen molar-refractivity contribution in [2.24, 2.45) is 14.1 Å². The first-order valence-electron chi connectivity index (χ1n) is 11.0. The fourth-order valence-corrected chi connectivity index (χ4v) is 4.22. The number of ether oxygens (including phenoxy) is 2. The third kappa shape index (κ3) is 4.14. The second-order valence-corrected chi connectivity index (χ2v) is 8.13. The van der Waals surface area contributed by atoms with E-state index in [1.54, 1.807) is 26.1 Å². The number of esters is 1. The van der Waals surface area contributed by atoms with E-state index < -0.39 is 23.1 Å². The van der Waals surface area contributed by atoms with Gasteiger partial charge in [0, 0.05) is 19.8 Å². The maximum Gasteiger partial charge on any atom is 0.337 e. The number of hydrogen-bond donors (Lipinski definition) is 1. The summed E-state index contributed by atoms with van der Waals surface area (Å²) in [5.41, 5.74) is 1.80. The molecule has 1 aliphatic rings. The summed E-state index contributed by atoms with van der Waals surface area (Å²) in [7, 11) is 3.02. The smallest absolute Gasteiger partial charge is 0.337 e. The quantitative estimate of drug-likeness (QED) is 0.568. The lowest BCUT2D eigenvalue weighted by molar-refractivity contribution is -0.140. The summed E-state index contributed by atoms with van der Waals surface area (Å²) in [6.07, 6.45) is 0. The maximum absolute atomic E-state index is 13.4. The molecule has 0 spiro atoms. The predicted molar refractivity (Wildman–Crippen MR) is 129 cm³/mol. The van der Waals surface area contributed by atoms with Crippen LogP contribution in [-0.2, 0) is 30.2 Å². The Morgan fingerprint density at radius 3 is 2.32 bits per heavy atom. The number of nitrogens with zero attached hydrogens (tertiary/aromatic N) is 2. The van der Waals surface area contributed by atoms with Gasteiger partial charge in [-0.1, -0.05) is 42.5 Å². The van der Waals surface area contributed by atoms with E-state index in [0.717, 1.165) is 10.1 Å². The summed E-state index contributed by atoms with van der Waals surface area (Å²) in [5.74, 6) is -0.207. The van der Waals surface area contributed by atoms with Crippen LogP contribution in [0.3, 0.4) is 0 Å². The number of hydrogen-bond acceptors (Lipinski definition) is 6. The summed E-state index contributed by atoms with van der Waals surface area (Å²) >= 11 is 0. The Morgan fingerprint density at radius 2 is 1.68 bits per heavy atom. The second-order valence-electron chi connectivity index (χ2n) is 8.13. The molecule has 0 saturated carbocycles. The van der Waals surface area contributed by atoms with Crippen LogP contribution in [0.4, 0.5) is 5.82 Å². The molecule has 4 rings (SSSR count). The molecule has 8 heteroatoms. The number of fused-ring (bicyclic) bond motifs is 1. The Balaban J connectivity index is 1.84. The first-order chi connectivity index (χ1) is 16.3. The van der Waals surface area contributed by atoms with E-state index in [0.29, 0.717) is 40.6 Å². The lowest BCUT2D eigenvalue weighted by Crippen LogP contribution is -2.43. The molecule has 8 nitrogen and oxygen atoms in total. The van der Waals surface area contributed by atoms with Crippen LogP contribution in [0.5, 0.6) is 5.75 Å². The Bertz CT molecular complexity index is 1370. The van der Waals surface area contributed by atoms with Gasteiger partial charge in [-0.05, 0) is 37.1 Å². The number of carbonyl (C=O) groups is 1. The molecule has 0 aliphatic carbocycles. The minimum Gasteiger partial charge on any atom is -0.494 e. The van der Waals surface area contributed by atoms with Gasteiger partial charge in [-0.3, -0.25) is 13.9 Å². The third-order valence-corrected chi connectivity index (χ3v) is 5.94. The number of aromatic nitrogens is 2. The van der Waals surface area contributed by atoms with Gasteiger partial charge in [-0.25, -0.2) is 9.59 Å². The monoisotopic (exact) mass is 461 g/mol.